The molecule has 0 radical (unpaired) electrons. The minimum Gasteiger partial charge on any atom is -0.305 e. The van der Waals surface area contributed by atoms with Gasteiger partial charge in [0.05, 0.1) is 11.9 Å². The maximum atomic E-state index is 13.8. The van der Waals surface area contributed by atoms with E-state index in [1.807, 2.05) is 0 Å². The fraction of sp³-hybridized carbons (Fsp3) is 0.438. The van der Waals surface area contributed by atoms with Crippen LogP contribution in [0.15, 0.2) is 15.6 Å². The van der Waals surface area contributed by atoms with Crippen molar-refractivity contribution in [3.05, 3.63) is 34.5 Å². The molecule has 31 heavy (non-hydrogen) atoms. The van der Waals surface area contributed by atoms with Gasteiger partial charge in [0.2, 0.25) is 5.03 Å². The molecule has 2 aromatic rings. The predicted molar refractivity (Wildman–Crippen MR) is 96.1 cm³/mol. The number of hydrogen-bond acceptors (Lipinski definition) is 4. The third-order valence-corrected chi connectivity index (χ3v) is 5.80. The lowest BCUT2D eigenvalue weighted by Crippen LogP contribution is -2.22. The molecule has 1 aliphatic carbocycles. The largest absolute Gasteiger partial charge is 0.433 e. The van der Waals surface area contributed by atoms with Gasteiger partial charge in [0.25, 0.3) is 0 Å². The lowest BCUT2D eigenvalue weighted by molar-refractivity contribution is -0.141. The van der Waals surface area contributed by atoms with E-state index in [-0.39, 0.29) is 40.7 Å². The Kier molecular flexibility index (Phi) is 6.01. The van der Waals surface area contributed by atoms with Crippen LogP contribution in [0.1, 0.15) is 42.4 Å². The van der Waals surface area contributed by atoms with Gasteiger partial charge in [0.15, 0.2) is 15.7 Å². The lowest BCUT2D eigenvalue weighted by atomic mass is 10.0. The Morgan fingerprint density at radius 2 is 2.06 bits per heavy atom. The van der Waals surface area contributed by atoms with E-state index in [0.29, 0.717) is 18.4 Å². The summed E-state index contributed by atoms with van der Waals surface area (Å²) in [5.74, 6) is -1.48. The maximum Gasteiger partial charge on any atom is 0.433 e. The predicted octanol–water partition coefficient (Wildman–Crippen LogP) is 3.81. The summed E-state index contributed by atoms with van der Waals surface area (Å²) in [6.45, 7) is -1.83. The number of alkyl halides is 5. The van der Waals surface area contributed by atoms with Gasteiger partial charge in [0, 0.05) is 11.3 Å². The molecule has 0 aliphatic heterocycles. The first-order valence-corrected chi connectivity index (χ1v) is 10.4. The highest BCUT2D eigenvalue weighted by molar-refractivity contribution is 7.91. The quantitative estimate of drug-likeness (QED) is 0.661. The molecule has 2 heterocycles. The molecule has 8 nitrogen and oxygen atoms in total. The first-order chi connectivity index (χ1) is 14.3. The van der Waals surface area contributed by atoms with Crippen LogP contribution < -0.4 is 10.5 Å². The Morgan fingerprint density at radius 1 is 1.39 bits per heavy atom. The number of amides is 2. The highest BCUT2D eigenvalue weighted by atomic mass is 32.2. The van der Waals surface area contributed by atoms with Gasteiger partial charge in [0.1, 0.15) is 5.69 Å². The van der Waals surface area contributed by atoms with Crippen molar-refractivity contribution < 1.29 is 35.3 Å². The molecule has 3 rings (SSSR count). The molecule has 0 saturated carbocycles. The topological polar surface area (TPSA) is 115 Å². The number of fused-ring (bicyclic) bond motifs is 1. The number of nitrogens with one attached hydrogen (secondary N) is 1. The molecule has 0 fully saturated rings. The van der Waals surface area contributed by atoms with Gasteiger partial charge in [-0.15, -0.1) is 4.36 Å². The van der Waals surface area contributed by atoms with E-state index in [2.05, 4.69) is 19.8 Å². The van der Waals surface area contributed by atoms with Crippen LogP contribution in [-0.2, 0) is 35.4 Å². The molecule has 1 aliphatic rings. The Balaban J connectivity index is 2.04. The van der Waals surface area contributed by atoms with Crippen molar-refractivity contribution in [2.75, 3.05) is 5.32 Å². The monoisotopic (exact) mass is 470 g/mol. The van der Waals surface area contributed by atoms with E-state index in [0.717, 1.165) is 0 Å². The summed E-state index contributed by atoms with van der Waals surface area (Å²) >= 11 is 0. The van der Waals surface area contributed by atoms with Crippen molar-refractivity contribution in [3.63, 3.8) is 0 Å². The summed E-state index contributed by atoms with van der Waals surface area (Å²) in [5.41, 5.74) is -1.10. The number of hydrogen-bond donors (Lipinski definition) is 2. The fourth-order valence-corrected chi connectivity index (χ4v) is 4.22. The molecular weight excluding hydrogens is 454 g/mol. The average Bonchev–Trinajstić information content (AvgIpc) is 3.26. The standard InChI is InChI=1S/C16H16F6N6O2S/c1-2-7-11(8-4-3-5-10(8)24-12(7)16(20,21)22)25-15(29)27-31(23,30)13-9(17)6-28(26-13)14(18)19/h6,14H,2-5H2,1H3,(H3,23,24,25,27,29,30). The van der Waals surface area contributed by atoms with Gasteiger partial charge < -0.3 is 5.32 Å². The van der Waals surface area contributed by atoms with Crippen LogP contribution in [0.2, 0.25) is 0 Å². The average molecular weight is 470 g/mol. The molecule has 2 aromatic heterocycles. The zero-order valence-corrected chi connectivity index (χ0v) is 16.7. The van der Waals surface area contributed by atoms with Crippen molar-refractivity contribution in [1.82, 2.24) is 14.8 Å². The van der Waals surface area contributed by atoms with Gasteiger partial charge in [-0.3, -0.25) is 0 Å². The van der Waals surface area contributed by atoms with Crippen molar-refractivity contribution in [2.24, 2.45) is 9.50 Å². The minimum absolute atomic E-state index is 0.143. The molecule has 3 N–H and O–H groups in total. The van der Waals surface area contributed by atoms with Crippen LogP contribution in [0.25, 0.3) is 0 Å². The van der Waals surface area contributed by atoms with Crippen molar-refractivity contribution >= 4 is 21.6 Å². The number of rotatable bonds is 4. The number of aryl methyl sites for hydroxylation is 1. The summed E-state index contributed by atoms with van der Waals surface area (Å²) in [5, 5.41) is 9.33. The van der Waals surface area contributed by atoms with Gasteiger partial charge in [-0.05, 0) is 31.2 Å². The van der Waals surface area contributed by atoms with Crippen LogP contribution in [-0.4, -0.2) is 25.0 Å². The number of nitrogens with zero attached hydrogens (tertiary/aromatic N) is 4. The second-order valence-electron chi connectivity index (χ2n) is 6.57. The van der Waals surface area contributed by atoms with Crippen LogP contribution >= 0.6 is 0 Å². The molecule has 0 bridgehead atoms. The number of nitrogens with two attached hydrogens (primary N) is 1. The van der Waals surface area contributed by atoms with E-state index in [1.54, 1.807) is 0 Å². The molecular formula is C16H16F6N6O2S. The smallest absolute Gasteiger partial charge is 0.305 e. The van der Waals surface area contributed by atoms with Crippen LogP contribution in [0, 0.1) is 5.82 Å². The van der Waals surface area contributed by atoms with Gasteiger partial charge in [-0.1, -0.05) is 6.92 Å². The molecule has 170 valence electrons. The van der Waals surface area contributed by atoms with E-state index in [4.69, 9.17) is 5.14 Å². The van der Waals surface area contributed by atoms with Gasteiger partial charge in [-0.25, -0.2) is 28.2 Å². The minimum atomic E-state index is -4.79. The van der Waals surface area contributed by atoms with Crippen molar-refractivity contribution in [3.8, 4) is 0 Å². The number of halogens is 6. The first kappa shape index (κ1) is 23.0. The SMILES string of the molecule is CCc1c(C(F)(F)F)nc2c(c1NC(=O)N=S(N)(=O)c1nn(C(F)F)cc1F)CCC2. The second-order valence-corrected chi connectivity index (χ2v) is 8.28. The summed E-state index contributed by atoms with van der Waals surface area (Å²) < 4.78 is 94.8. The molecule has 1 atom stereocenters. The van der Waals surface area contributed by atoms with Crippen LogP contribution in [0.4, 0.5) is 36.8 Å². The molecule has 0 aromatic carbocycles. The van der Waals surface area contributed by atoms with Crippen LogP contribution in [0.3, 0.4) is 0 Å². The molecule has 15 heteroatoms. The highest BCUT2D eigenvalue weighted by Crippen LogP contribution is 2.39. The number of carbonyl (C=O) groups is 1. The highest BCUT2D eigenvalue weighted by Gasteiger charge is 2.38. The molecule has 0 spiro atoms. The number of carbonyl (C=O) groups excluding carboxylic acids is 1. The third-order valence-electron chi connectivity index (χ3n) is 4.53. The van der Waals surface area contributed by atoms with E-state index < -0.39 is 45.2 Å². The Morgan fingerprint density at radius 3 is 2.61 bits per heavy atom. The molecule has 1 unspecified atom stereocenters. The summed E-state index contributed by atoms with van der Waals surface area (Å²) in [7, 11) is -4.41. The van der Waals surface area contributed by atoms with E-state index in [9.17, 15) is 35.3 Å². The Hall–Kier alpha value is -2.68. The Labute approximate surface area is 172 Å². The molecule has 2 amide bonds. The van der Waals surface area contributed by atoms with Gasteiger partial charge in [-0.2, -0.15) is 27.1 Å². The van der Waals surface area contributed by atoms with E-state index in [1.165, 1.54) is 6.92 Å². The molecule has 0 saturated heterocycles. The maximum absolute atomic E-state index is 13.8. The summed E-state index contributed by atoms with van der Waals surface area (Å²) in [6.07, 6.45) is -3.58. The van der Waals surface area contributed by atoms with Crippen molar-refractivity contribution in [1.29, 1.82) is 0 Å². The second kappa shape index (κ2) is 8.11. The Bertz CT molecular complexity index is 1150. The number of aromatic nitrogens is 3. The van der Waals surface area contributed by atoms with Gasteiger partial charge >= 0.3 is 18.8 Å². The van der Waals surface area contributed by atoms with Crippen molar-refractivity contribution in [2.45, 2.75) is 50.4 Å². The number of pyridine rings is 1. The summed E-state index contributed by atoms with van der Waals surface area (Å²) in [4.78, 5) is 16.0. The third kappa shape index (κ3) is 4.51. The first-order valence-electron chi connectivity index (χ1n) is 8.85. The lowest BCUT2D eigenvalue weighted by Gasteiger charge is -2.19. The normalized spacial score (nSPS) is 15.6. The zero-order chi connectivity index (χ0) is 23.1. The zero-order valence-electron chi connectivity index (χ0n) is 15.8. The summed E-state index contributed by atoms with van der Waals surface area (Å²) in [6, 6.07) is -1.44. The number of anilines is 1. The fourth-order valence-electron chi connectivity index (χ4n) is 3.30. The van der Waals surface area contributed by atoms with E-state index >= 15 is 0 Å². The number of urea groups is 1. The van der Waals surface area contributed by atoms with Crippen LogP contribution in [0.5, 0.6) is 0 Å².